The van der Waals surface area contributed by atoms with Gasteiger partial charge in [0.05, 0.1) is 5.69 Å². The molecule has 0 spiro atoms. The van der Waals surface area contributed by atoms with Crippen LogP contribution >= 0.6 is 0 Å². The summed E-state index contributed by atoms with van der Waals surface area (Å²) in [5.74, 6) is 0.0207. The molecule has 1 rings (SSSR count). The maximum Gasteiger partial charge on any atom is 0.137 e. The van der Waals surface area contributed by atoms with Crippen molar-refractivity contribution in [3.05, 3.63) is 17.7 Å². The predicted molar refractivity (Wildman–Crippen MR) is 61.5 cm³/mol. The highest BCUT2D eigenvalue weighted by Crippen LogP contribution is 2.32. The summed E-state index contributed by atoms with van der Waals surface area (Å²) in [5, 5.41) is 18.6. The molecule has 1 N–H and O–H groups in total. The molecule has 0 fully saturated rings. The van der Waals surface area contributed by atoms with Crippen molar-refractivity contribution >= 4 is 11.4 Å². The van der Waals surface area contributed by atoms with Gasteiger partial charge in [-0.1, -0.05) is 0 Å². The Labute approximate surface area is 90.0 Å². The molecule has 15 heavy (non-hydrogen) atoms. The van der Waals surface area contributed by atoms with E-state index in [2.05, 4.69) is 0 Å². The molecule has 0 heterocycles. The standard InChI is InChI=1S/C11H15N3O/c1-13(2)8-5-10(14(3)4)9(7-12)11(15)6-8/h5-6,15H,1-4H3. The van der Waals surface area contributed by atoms with Crippen LogP contribution in [0.4, 0.5) is 11.4 Å². The van der Waals surface area contributed by atoms with E-state index in [9.17, 15) is 5.11 Å². The lowest BCUT2D eigenvalue weighted by atomic mass is 10.1. The van der Waals surface area contributed by atoms with E-state index in [1.165, 1.54) is 0 Å². The summed E-state index contributed by atoms with van der Waals surface area (Å²) >= 11 is 0. The quantitative estimate of drug-likeness (QED) is 0.792. The fourth-order valence-electron chi connectivity index (χ4n) is 1.32. The molecular weight excluding hydrogens is 190 g/mol. The number of hydrogen-bond donors (Lipinski definition) is 1. The van der Waals surface area contributed by atoms with E-state index in [0.717, 1.165) is 11.4 Å². The number of nitrogens with zero attached hydrogens (tertiary/aromatic N) is 3. The lowest BCUT2D eigenvalue weighted by Gasteiger charge is -2.19. The highest BCUT2D eigenvalue weighted by atomic mass is 16.3. The van der Waals surface area contributed by atoms with Crippen LogP contribution in [0.1, 0.15) is 5.56 Å². The second kappa shape index (κ2) is 4.09. The molecule has 80 valence electrons. The Morgan fingerprint density at radius 1 is 1.13 bits per heavy atom. The predicted octanol–water partition coefficient (Wildman–Crippen LogP) is 1.40. The smallest absolute Gasteiger partial charge is 0.137 e. The first-order chi connectivity index (χ1) is 6.97. The van der Waals surface area contributed by atoms with E-state index in [-0.39, 0.29) is 5.75 Å². The lowest BCUT2D eigenvalue weighted by molar-refractivity contribution is 0.473. The Bertz CT molecular complexity index is 405. The largest absolute Gasteiger partial charge is 0.506 e. The number of anilines is 2. The molecule has 0 aromatic heterocycles. The van der Waals surface area contributed by atoms with Crippen LogP contribution in [0.5, 0.6) is 5.75 Å². The van der Waals surface area contributed by atoms with E-state index in [0.29, 0.717) is 5.56 Å². The second-order valence-electron chi connectivity index (χ2n) is 3.76. The molecule has 4 heteroatoms. The van der Waals surface area contributed by atoms with Crippen LogP contribution in [0.3, 0.4) is 0 Å². The van der Waals surface area contributed by atoms with Gasteiger partial charge in [-0.05, 0) is 6.07 Å². The van der Waals surface area contributed by atoms with Crippen LogP contribution < -0.4 is 9.80 Å². The van der Waals surface area contributed by atoms with Crippen molar-refractivity contribution < 1.29 is 5.11 Å². The molecule has 0 atom stereocenters. The number of nitriles is 1. The summed E-state index contributed by atoms with van der Waals surface area (Å²) in [6.07, 6.45) is 0. The van der Waals surface area contributed by atoms with Crippen LogP contribution in [-0.4, -0.2) is 33.3 Å². The van der Waals surface area contributed by atoms with Gasteiger partial charge in [0.1, 0.15) is 17.4 Å². The number of rotatable bonds is 2. The Morgan fingerprint density at radius 2 is 1.73 bits per heavy atom. The molecule has 1 aromatic carbocycles. The molecule has 0 saturated heterocycles. The van der Waals surface area contributed by atoms with E-state index in [4.69, 9.17) is 5.26 Å². The number of phenolic OH excluding ortho intramolecular Hbond substituents is 1. The van der Waals surface area contributed by atoms with Gasteiger partial charge >= 0.3 is 0 Å². The van der Waals surface area contributed by atoms with Gasteiger partial charge in [0.25, 0.3) is 0 Å². The Balaban J connectivity index is 3.40. The highest BCUT2D eigenvalue weighted by Gasteiger charge is 2.12. The minimum atomic E-state index is 0.0207. The van der Waals surface area contributed by atoms with Gasteiger partial charge in [-0.3, -0.25) is 0 Å². The van der Waals surface area contributed by atoms with Crippen LogP contribution in [-0.2, 0) is 0 Å². The summed E-state index contributed by atoms with van der Waals surface area (Å²) in [6, 6.07) is 5.46. The molecule has 1 aromatic rings. The Kier molecular flexibility index (Phi) is 3.05. The van der Waals surface area contributed by atoms with Crippen molar-refractivity contribution in [2.75, 3.05) is 38.0 Å². The summed E-state index contributed by atoms with van der Waals surface area (Å²) in [4.78, 5) is 3.69. The zero-order valence-corrected chi connectivity index (χ0v) is 9.44. The van der Waals surface area contributed by atoms with Crippen LogP contribution in [0.15, 0.2) is 12.1 Å². The summed E-state index contributed by atoms with van der Waals surface area (Å²) in [7, 11) is 7.46. The van der Waals surface area contributed by atoms with Crippen molar-refractivity contribution in [3.8, 4) is 11.8 Å². The summed E-state index contributed by atoms with van der Waals surface area (Å²) in [6.45, 7) is 0. The van der Waals surface area contributed by atoms with Gasteiger partial charge in [-0.25, -0.2) is 0 Å². The minimum absolute atomic E-state index is 0.0207. The molecule has 0 aliphatic heterocycles. The van der Waals surface area contributed by atoms with E-state index >= 15 is 0 Å². The first kappa shape index (κ1) is 11.2. The van der Waals surface area contributed by atoms with Crippen LogP contribution in [0, 0.1) is 11.3 Å². The zero-order chi connectivity index (χ0) is 11.6. The summed E-state index contributed by atoms with van der Waals surface area (Å²) < 4.78 is 0. The number of phenols is 1. The van der Waals surface area contributed by atoms with Gasteiger partial charge in [0.2, 0.25) is 0 Å². The van der Waals surface area contributed by atoms with Gasteiger partial charge in [-0.15, -0.1) is 0 Å². The van der Waals surface area contributed by atoms with E-state index < -0.39 is 0 Å². The van der Waals surface area contributed by atoms with Gasteiger partial charge < -0.3 is 14.9 Å². The first-order valence-electron chi connectivity index (χ1n) is 4.59. The molecule has 0 aliphatic carbocycles. The maximum atomic E-state index is 9.69. The third-order valence-corrected chi connectivity index (χ3v) is 2.19. The van der Waals surface area contributed by atoms with E-state index in [1.54, 1.807) is 6.07 Å². The Hall–Kier alpha value is -1.89. The van der Waals surface area contributed by atoms with Gasteiger partial charge in [0, 0.05) is 39.9 Å². The van der Waals surface area contributed by atoms with Crippen molar-refractivity contribution in [2.45, 2.75) is 0 Å². The minimum Gasteiger partial charge on any atom is -0.506 e. The number of hydrogen-bond acceptors (Lipinski definition) is 4. The normalized spacial score (nSPS) is 9.53. The lowest BCUT2D eigenvalue weighted by Crippen LogP contribution is -2.13. The molecule has 0 saturated carbocycles. The van der Waals surface area contributed by atoms with Gasteiger partial charge in [0.15, 0.2) is 0 Å². The average Bonchev–Trinajstić information content (AvgIpc) is 2.16. The topological polar surface area (TPSA) is 50.5 Å². The summed E-state index contributed by atoms with van der Waals surface area (Å²) in [5.41, 5.74) is 1.90. The SMILES string of the molecule is CN(C)c1cc(O)c(C#N)c(N(C)C)c1. The molecule has 0 bridgehead atoms. The molecular formula is C11H15N3O. The maximum absolute atomic E-state index is 9.69. The van der Waals surface area contributed by atoms with Crippen molar-refractivity contribution in [1.29, 1.82) is 5.26 Å². The first-order valence-corrected chi connectivity index (χ1v) is 4.59. The van der Waals surface area contributed by atoms with Crippen molar-refractivity contribution in [1.82, 2.24) is 0 Å². The molecule has 0 amide bonds. The van der Waals surface area contributed by atoms with E-state index in [1.807, 2.05) is 50.1 Å². The molecule has 0 aliphatic rings. The third kappa shape index (κ3) is 2.13. The average molecular weight is 205 g/mol. The molecule has 0 radical (unpaired) electrons. The number of aromatic hydroxyl groups is 1. The zero-order valence-electron chi connectivity index (χ0n) is 9.44. The van der Waals surface area contributed by atoms with Crippen LogP contribution in [0.25, 0.3) is 0 Å². The fourth-order valence-corrected chi connectivity index (χ4v) is 1.32. The molecule has 0 unspecified atom stereocenters. The second-order valence-corrected chi connectivity index (χ2v) is 3.76. The van der Waals surface area contributed by atoms with Crippen LogP contribution in [0.2, 0.25) is 0 Å². The molecule has 4 nitrogen and oxygen atoms in total. The number of benzene rings is 1. The van der Waals surface area contributed by atoms with Gasteiger partial charge in [-0.2, -0.15) is 5.26 Å². The highest BCUT2D eigenvalue weighted by molar-refractivity contribution is 5.71. The third-order valence-electron chi connectivity index (χ3n) is 2.19. The monoisotopic (exact) mass is 205 g/mol. The fraction of sp³-hybridized carbons (Fsp3) is 0.364. The van der Waals surface area contributed by atoms with Crippen molar-refractivity contribution in [2.24, 2.45) is 0 Å². The van der Waals surface area contributed by atoms with Crippen molar-refractivity contribution in [3.63, 3.8) is 0 Å². The Morgan fingerprint density at radius 3 is 2.13 bits per heavy atom.